The van der Waals surface area contributed by atoms with Crippen LogP contribution in [0.3, 0.4) is 0 Å². The van der Waals surface area contributed by atoms with Crippen molar-refractivity contribution in [2.45, 2.75) is 38.4 Å². The Morgan fingerprint density at radius 1 is 1.20 bits per heavy atom. The molecule has 1 amide bonds. The lowest BCUT2D eigenvalue weighted by molar-refractivity contribution is -0.113. The maximum atomic E-state index is 13.7. The fourth-order valence-electron chi connectivity index (χ4n) is 3.92. The maximum Gasteiger partial charge on any atom is 0.255 e. The molecule has 1 aliphatic rings. The molecule has 10 heteroatoms. The second-order valence-electron chi connectivity index (χ2n) is 8.14. The van der Waals surface area contributed by atoms with E-state index in [1.807, 2.05) is 50.2 Å². The van der Waals surface area contributed by atoms with Gasteiger partial charge in [-0.3, -0.25) is 4.79 Å². The number of methoxy groups -OCH3 is 2. The molecule has 2 heterocycles. The van der Waals surface area contributed by atoms with Crippen molar-refractivity contribution in [3.63, 3.8) is 0 Å². The number of hydrogen-bond donors (Lipinski definition) is 2. The van der Waals surface area contributed by atoms with Gasteiger partial charge in [0.15, 0.2) is 11.5 Å². The molecule has 0 saturated heterocycles. The molecule has 2 N–H and O–H groups in total. The van der Waals surface area contributed by atoms with E-state index in [4.69, 9.17) is 14.6 Å². The van der Waals surface area contributed by atoms with Crippen molar-refractivity contribution >= 4 is 45.2 Å². The van der Waals surface area contributed by atoms with E-state index in [0.29, 0.717) is 38.3 Å². The Labute approximate surface area is 217 Å². The van der Waals surface area contributed by atoms with Gasteiger partial charge in [-0.15, -0.1) is 5.10 Å². The molecule has 1 aromatic heterocycles. The van der Waals surface area contributed by atoms with Gasteiger partial charge in [0.25, 0.3) is 5.91 Å². The molecule has 184 valence electrons. The number of carbonyl (C=O) groups excluding carboxylic acids is 1. The number of amides is 1. The van der Waals surface area contributed by atoms with Crippen molar-refractivity contribution < 1.29 is 14.3 Å². The van der Waals surface area contributed by atoms with E-state index in [0.717, 1.165) is 29.0 Å². The summed E-state index contributed by atoms with van der Waals surface area (Å²) in [5.41, 5.74) is 3.89. The molecule has 8 nitrogen and oxygen atoms in total. The zero-order valence-corrected chi connectivity index (χ0v) is 22.7. The van der Waals surface area contributed by atoms with E-state index in [2.05, 4.69) is 38.5 Å². The van der Waals surface area contributed by atoms with Gasteiger partial charge >= 0.3 is 0 Å². The molecule has 0 spiro atoms. The summed E-state index contributed by atoms with van der Waals surface area (Å²) < 4.78 is 13.6. The average molecular weight is 559 g/mol. The quantitative estimate of drug-likeness (QED) is 0.338. The van der Waals surface area contributed by atoms with E-state index in [1.54, 1.807) is 30.7 Å². The summed E-state index contributed by atoms with van der Waals surface area (Å²) in [5, 5.41) is 11.7. The Balaban J connectivity index is 1.82. The summed E-state index contributed by atoms with van der Waals surface area (Å²) in [6, 6.07) is 11.0. The molecule has 0 saturated carbocycles. The predicted molar refractivity (Wildman–Crippen MR) is 143 cm³/mol. The maximum absolute atomic E-state index is 13.7. The van der Waals surface area contributed by atoms with Crippen LogP contribution in [0.5, 0.6) is 11.5 Å². The summed E-state index contributed by atoms with van der Waals surface area (Å²) in [6.45, 7) is 6.00. The molecule has 0 fully saturated rings. The largest absolute Gasteiger partial charge is 0.493 e. The fourth-order valence-corrected chi connectivity index (χ4v) is 5.22. The van der Waals surface area contributed by atoms with Crippen LogP contribution in [-0.2, 0) is 4.79 Å². The monoisotopic (exact) mass is 557 g/mol. The third-order valence-electron chi connectivity index (χ3n) is 5.59. The summed E-state index contributed by atoms with van der Waals surface area (Å²) in [4.78, 5) is 18.3. The highest BCUT2D eigenvalue weighted by molar-refractivity contribution is 9.10. The standard InChI is InChI=1S/C25H28BrN5O3S/c1-6-11-35-25-29-24-27-15(3)20(23(32)28-17-9-7-14(2)8-10-17)21(31(24)30-25)16-12-18(26)22(34-5)19(13-16)33-4/h7-10,12-13,21H,6,11H2,1-5H3,(H,28,32)(H,27,29,30). The highest BCUT2D eigenvalue weighted by Gasteiger charge is 2.35. The van der Waals surface area contributed by atoms with Crippen molar-refractivity contribution in [3.05, 3.63) is 63.3 Å². The number of nitrogens with zero attached hydrogens (tertiary/aromatic N) is 3. The van der Waals surface area contributed by atoms with Gasteiger partial charge in [0.1, 0.15) is 6.04 Å². The third kappa shape index (κ3) is 5.18. The van der Waals surface area contributed by atoms with Crippen LogP contribution >= 0.6 is 27.7 Å². The number of thioether (sulfide) groups is 1. The van der Waals surface area contributed by atoms with Gasteiger partial charge in [0.2, 0.25) is 11.1 Å². The van der Waals surface area contributed by atoms with Crippen molar-refractivity contribution in [3.8, 4) is 11.5 Å². The van der Waals surface area contributed by atoms with Gasteiger partial charge in [-0.25, -0.2) is 4.68 Å². The molecule has 2 aromatic carbocycles. The minimum absolute atomic E-state index is 0.223. The number of rotatable bonds is 8. The van der Waals surface area contributed by atoms with Crippen LogP contribution in [0, 0.1) is 6.92 Å². The van der Waals surface area contributed by atoms with Gasteiger partial charge in [0.05, 0.1) is 24.3 Å². The Kier molecular flexibility index (Phi) is 7.71. The second kappa shape index (κ2) is 10.7. The molecule has 0 radical (unpaired) electrons. The Morgan fingerprint density at radius 2 is 1.94 bits per heavy atom. The molecule has 4 rings (SSSR count). The number of hydrogen-bond acceptors (Lipinski definition) is 7. The second-order valence-corrected chi connectivity index (χ2v) is 10.1. The van der Waals surface area contributed by atoms with Crippen LogP contribution < -0.4 is 20.1 Å². The average Bonchev–Trinajstić information content (AvgIpc) is 3.24. The predicted octanol–water partition coefficient (Wildman–Crippen LogP) is 5.80. The Morgan fingerprint density at radius 3 is 2.60 bits per heavy atom. The van der Waals surface area contributed by atoms with Crippen LogP contribution in [0.2, 0.25) is 0 Å². The van der Waals surface area contributed by atoms with Crippen molar-refractivity contribution in [2.24, 2.45) is 0 Å². The van der Waals surface area contributed by atoms with E-state index in [1.165, 1.54) is 0 Å². The molecule has 1 aliphatic heterocycles. The van der Waals surface area contributed by atoms with Gasteiger partial charge in [-0.1, -0.05) is 36.4 Å². The molecule has 35 heavy (non-hydrogen) atoms. The number of benzene rings is 2. The number of halogens is 1. The SMILES string of the molecule is CCCSc1nc2n(n1)C(c1cc(Br)c(OC)c(OC)c1)C(C(=O)Nc1ccc(C)cc1)=C(C)N2. The number of carbonyl (C=O) groups is 1. The topological polar surface area (TPSA) is 90.3 Å². The van der Waals surface area contributed by atoms with E-state index in [-0.39, 0.29) is 5.91 Å². The van der Waals surface area contributed by atoms with Crippen LogP contribution in [0.15, 0.2) is 57.3 Å². The lowest BCUT2D eigenvalue weighted by Crippen LogP contribution is -2.31. The first-order valence-electron chi connectivity index (χ1n) is 11.2. The number of allylic oxidation sites excluding steroid dienone is 1. The van der Waals surface area contributed by atoms with Gasteiger partial charge in [-0.05, 0) is 66.0 Å². The fraction of sp³-hybridized carbons (Fsp3) is 0.320. The zero-order chi connectivity index (χ0) is 25.1. The summed E-state index contributed by atoms with van der Waals surface area (Å²) in [5.74, 6) is 2.40. The molecule has 0 aliphatic carbocycles. The molecule has 1 unspecified atom stereocenters. The van der Waals surface area contributed by atoms with Gasteiger partial charge < -0.3 is 20.1 Å². The third-order valence-corrected chi connectivity index (χ3v) is 7.23. The minimum atomic E-state index is -0.531. The van der Waals surface area contributed by atoms with Crippen LogP contribution in [-0.4, -0.2) is 40.6 Å². The number of fused-ring (bicyclic) bond motifs is 1. The van der Waals surface area contributed by atoms with Crippen molar-refractivity contribution in [1.82, 2.24) is 14.8 Å². The lowest BCUT2D eigenvalue weighted by Gasteiger charge is -2.29. The summed E-state index contributed by atoms with van der Waals surface area (Å²) in [6.07, 6.45) is 1.01. The summed E-state index contributed by atoms with van der Waals surface area (Å²) >= 11 is 5.18. The first-order valence-corrected chi connectivity index (χ1v) is 13.0. The molecular formula is C25H28BrN5O3S. The van der Waals surface area contributed by atoms with Crippen LogP contribution in [0.25, 0.3) is 0 Å². The number of anilines is 2. The van der Waals surface area contributed by atoms with Crippen LogP contribution in [0.1, 0.15) is 37.4 Å². The highest BCUT2D eigenvalue weighted by atomic mass is 79.9. The molecular weight excluding hydrogens is 530 g/mol. The van der Waals surface area contributed by atoms with Crippen LogP contribution in [0.4, 0.5) is 11.6 Å². The normalized spacial score (nSPS) is 14.9. The highest BCUT2D eigenvalue weighted by Crippen LogP contribution is 2.43. The first-order chi connectivity index (χ1) is 16.9. The zero-order valence-electron chi connectivity index (χ0n) is 20.3. The number of aryl methyl sites for hydroxylation is 1. The van der Waals surface area contributed by atoms with E-state index >= 15 is 0 Å². The van der Waals surface area contributed by atoms with E-state index in [9.17, 15) is 4.79 Å². The minimum Gasteiger partial charge on any atom is -0.493 e. The molecule has 0 bridgehead atoms. The first kappa shape index (κ1) is 25.1. The molecule has 3 aromatic rings. The van der Waals surface area contributed by atoms with E-state index < -0.39 is 6.04 Å². The van der Waals surface area contributed by atoms with Crippen molar-refractivity contribution in [2.75, 3.05) is 30.6 Å². The smallest absolute Gasteiger partial charge is 0.255 e. The summed E-state index contributed by atoms with van der Waals surface area (Å²) in [7, 11) is 3.17. The number of ether oxygens (including phenoxy) is 2. The Bertz CT molecular complexity index is 1270. The lowest BCUT2D eigenvalue weighted by atomic mass is 9.94. The van der Waals surface area contributed by atoms with Gasteiger partial charge in [0, 0.05) is 17.1 Å². The van der Waals surface area contributed by atoms with Gasteiger partial charge in [-0.2, -0.15) is 4.98 Å². The Hall–Kier alpha value is -2.98. The van der Waals surface area contributed by atoms with Crippen molar-refractivity contribution in [1.29, 1.82) is 0 Å². The number of nitrogens with one attached hydrogen (secondary N) is 2. The number of aromatic nitrogens is 3. The molecule has 1 atom stereocenters.